The Morgan fingerprint density at radius 3 is 2.58 bits per heavy atom. The molecule has 26 heavy (non-hydrogen) atoms. The molecule has 0 radical (unpaired) electrons. The van der Waals surface area contributed by atoms with Crippen LogP contribution in [0.2, 0.25) is 0 Å². The van der Waals surface area contributed by atoms with Gasteiger partial charge < -0.3 is 4.42 Å². The lowest BCUT2D eigenvalue weighted by Gasteiger charge is -2.10. The van der Waals surface area contributed by atoms with Crippen LogP contribution in [0, 0.1) is 12.7 Å². The number of hydrogen-bond donors (Lipinski definition) is 0. The second kappa shape index (κ2) is 7.17. The molecule has 6 heteroatoms. The van der Waals surface area contributed by atoms with Gasteiger partial charge in [-0.3, -0.25) is 4.57 Å². The highest BCUT2D eigenvalue weighted by molar-refractivity contribution is 7.98. The summed E-state index contributed by atoms with van der Waals surface area (Å²) in [7, 11) is 0. The number of benzene rings is 2. The fraction of sp³-hybridized carbons (Fsp3) is 0.100. The van der Waals surface area contributed by atoms with Crippen LogP contribution in [0.4, 0.5) is 4.39 Å². The summed E-state index contributed by atoms with van der Waals surface area (Å²) in [6, 6.07) is 18.3. The smallest absolute Gasteiger partial charge is 0.205 e. The number of aryl methyl sites for hydroxylation is 1. The van der Waals surface area contributed by atoms with Gasteiger partial charge in [-0.2, -0.15) is 0 Å². The summed E-state index contributed by atoms with van der Waals surface area (Å²) in [5.41, 5.74) is 2.82. The fourth-order valence-electron chi connectivity index (χ4n) is 2.69. The van der Waals surface area contributed by atoms with E-state index in [0.717, 1.165) is 5.75 Å². The van der Waals surface area contributed by atoms with Crippen molar-refractivity contribution >= 4 is 11.8 Å². The average Bonchev–Trinajstić information content (AvgIpc) is 3.31. The topological polar surface area (TPSA) is 43.9 Å². The highest BCUT2D eigenvalue weighted by Gasteiger charge is 2.20. The molecule has 0 unspecified atom stereocenters. The predicted molar refractivity (Wildman–Crippen MR) is 99.8 cm³/mol. The maximum Gasteiger partial charge on any atom is 0.205 e. The van der Waals surface area contributed by atoms with E-state index in [4.69, 9.17) is 4.42 Å². The Balaban J connectivity index is 1.76. The molecule has 0 amide bonds. The standard InChI is InChI=1S/C20H16FN3OS/c1-14-7-2-3-8-15(14)13-26-20-23-22-19(18-11-6-12-25-18)24(20)17-10-5-4-9-16(17)21/h2-12H,13H2,1H3. The van der Waals surface area contributed by atoms with E-state index < -0.39 is 0 Å². The summed E-state index contributed by atoms with van der Waals surface area (Å²) in [6.45, 7) is 2.08. The molecule has 0 spiro atoms. The number of hydrogen-bond acceptors (Lipinski definition) is 4. The van der Waals surface area contributed by atoms with Gasteiger partial charge in [-0.15, -0.1) is 10.2 Å². The number of para-hydroxylation sites is 1. The summed E-state index contributed by atoms with van der Waals surface area (Å²) in [5.74, 6) is 1.41. The SMILES string of the molecule is Cc1ccccc1CSc1nnc(-c2ccco2)n1-c1ccccc1F. The molecule has 0 aliphatic heterocycles. The van der Waals surface area contributed by atoms with Gasteiger partial charge in [0.1, 0.15) is 5.82 Å². The van der Waals surface area contributed by atoms with Gasteiger partial charge in [0.15, 0.2) is 10.9 Å². The average molecular weight is 365 g/mol. The van der Waals surface area contributed by atoms with Crippen LogP contribution in [-0.2, 0) is 5.75 Å². The van der Waals surface area contributed by atoms with Crippen molar-refractivity contribution < 1.29 is 8.81 Å². The molecule has 0 aliphatic carbocycles. The molecule has 2 heterocycles. The van der Waals surface area contributed by atoms with Crippen LogP contribution in [0.15, 0.2) is 76.5 Å². The van der Waals surface area contributed by atoms with E-state index in [9.17, 15) is 4.39 Å². The van der Waals surface area contributed by atoms with E-state index in [1.165, 1.54) is 29.0 Å². The van der Waals surface area contributed by atoms with Crippen molar-refractivity contribution in [3.05, 3.63) is 83.9 Å². The zero-order valence-electron chi connectivity index (χ0n) is 14.1. The van der Waals surface area contributed by atoms with Crippen molar-refractivity contribution in [3.8, 4) is 17.3 Å². The number of nitrogens with zero attached hydrogens (tertiary/aromatic N) is 3. The first kappa shape index (κ1) is 16.6. The minimum atomic E-state index is -0.335. The molecule has 0 saturated heterocycles. The van der Waals surface area contributed by atoms with Gasteiger partial charge in [-0.25, -0.2) is 4.39 Å². The van der Waals surface area contributed by atoms with Crippen molar-refractivity contribution in [2.75, 3.05) is 0 Å². The van der Waals surface area contributed by atoms with Crippen molar-refractivity contribution in [2.45, 2.75) is 17.8 Å². The van der Waals surface area contributed by atoms with Gasteiger partial charge in [0.25, 0.3) is 0 Å². The molecule has 0 saturated carbocycles. The van der Waals surface area contributed by atoms with Crippen molar-refractivity contribution in [2.24, 2.45) is 0 Å². The van der Waals surface area contributed by atoms with Gasteiger partial charge in [0.2, 0.25) is 5.82 Å². The summed E-state index contributed by atoms with van der Waals surface area (Å²) in [5, 5.41) is 9.14. The molecule has 0 aliphatic rings. The van der Waals surface area contributed by atoms with Gasteiger partial charge in [0.05, 0.1) is 12.0 Å². The summed E-state index contributed by atoms with van der Waals surface area (Å²) < 4.78 is 21.6. The van der Waals surface area contributed by atoms with E-state index >= 15 is 0 Å². The normalized spacial score (nSPS) is 11.0. The van der Waals surface area contributed by atoms with E-state index in [1.807, 2.05) is 12.1 Å². The maximum absolute atomic E-state index is 14.5. The Kier molecular flexibility index (Phi) is 4.58. The third-order valence-electron chi connectivity index (χ3n) is 4.09. The van der Waals surface area contributed by atoms with Crippen LogP contribution >= 0.6 is 11.8 Å². The Morgan fingerprint density at radius 1 is 1.00 bits per heavy atom. The molecule has 2 aromatic heterocycles. The molecule has 4 rings (SSSR count). The number of halogens is 1. The van der Waals surface area contributed by atoms with Gasteiger partial charge >= 0.3 is 0 Å². The third-order valence-corrected chi connectivity index (χ3v) is 5.06. The summed E-state index contributed by atoms with van der Waals surface area (Å²) >= 11 is 1.52. The van der Waals surface area contributed by atoms with Crippen LogP contribution in [-0.4, -0.2) is 14.8 Å². The van der Waals surface area contributed by atoms with Gasteiger partial charge in [0, 0.05) is 5.75 Å². The van der Waals surface area contributed by atoms with Crippen molar-refractivity contribution in [1.29, 1.82) is 0 Å². The maximum atomic E-state index is 14.5. The molecule has 2 aromatic carbocycles. The lowest BCUT2D eigenvalue weighted by molar-refractivity contribution is 0.572. The number of aromatic nitrogens is 3. The van der Waals surface area contributed by atoms with Crippen LogP contribution in [0.5, 0.6) is 0 Å². The van der Waals surface area contributed by atoms with Crippen LogP contribution in [0.1, 0.15) is 11.1 Å². The van der Waals surface area contributed by atoms with Crippen molar-refractivity contribution in [3.63, 3.8) is 0 Å². The Hall–Kier alpha value is -2.86. The van der Waals surface area contributed by atoms with Crippen molar-refractivity contribution in [1.82, 2.24) is 14.8 Å². The minimum absolute atomic E-state index is 0.335. The lowest BCUT2D eigenvalue weighted by atomic mass is 10.1. The van der Waals surface area contributed by atoms with Gasteiger partial charge in [-0.1, -0.05) is 48.2 Å². The molecule has 0 fully saturated rings. The number of thioether (sulfide) groups is 1. The third kappa shape index (κ3) is 3.15. The van der Waals surface area contributed by atoms with Crippen LogP contribution < -0.4 is 0 Å². The zero-order valence-corrected chi connectivity index (χ0v) is 14.9. The molecule has 0 bridgehead atoms. The molecular formula is C20H16FN3OS. The zero-order chi connectivity index (χ0) is 17.9. The Morgan fingerprint density at radius 2 is 1.81 bits per heavy atom. The molecule has 130 valence electrons. The minimum Gasteiger partial charge on any atom is -0.461 e. The Bertz CT molecular complexity index is 1030. The molecular weight excluding hydrogens is 349 g/mol. The molecule has 0 N–H and O–H groups in total. The van der Waals surface area contributed by atoms with E-state index in [-0.39, 0.29) is 5.82 Å². The summed E-state index contributed by atoms with van der Waals surface area (Å²) in [6.07, 6.45) is 1.57. The van der Waals surface area contributed by atoms with E-state index in [1.54, 1.807) is 41.2 Å². The number of rotatable bonds is 5. The highest BCUT2D eigenvalue weighted by Crippen LogP contribution is 2.31. The Labute approximate surface area is 154 Å². The van der Waals surface area contributed by atoms with E-state index in [0.29, 0.717) is 22.4 Å². The predicted octanol–water partition coefficient (Wildman–Crippen LogP) is 5.27. The second-order valence-electron chi connectivity index (χ2n) is 5.79. The lowest BCUT2D eigenvalue weighted by Crippen LogP contribution is -2.02. The largest absolute Gasteiger partial charge is 0.461 e. The van der Waals surface area contributed by atoms with Crippen LogP contribution in [0.3, 0.4) is 0 Å². The first-order valence-electron chi connectivity index (χ1n) is 8.15. The fourth-order valence-corrected chi connectivity index (χ4v) is 3.71. The monoisotopic (exact) mass is 365 g/mol. The second-order valence-corrected chi connectivity index (χ2v) is 6.73. The summed E-state index contributed by atoms with van der Waals surface area (Å²) in [4.78, 5) is 0. The quantitative estimate of drug-likeness (QED) is 0.452. The van der Waals surface area contributed by atoms with E-state index in [2.05, 4.69) is 29.3 Å². The number of furan rings is 1. The van der Waals surface area contributed by atoms with Gasteiger partial charge in [-0.05, 0) is 42.3 Å². The molecule has 0 atom stereocenters. The van der Waals surface area contributed by atoms with Crippen LogP contribution in [0.25, 0.3) is 17.3 Å². The molecule has 4 aromatic rings. The first-order chi connectivity index (χ1) is 12.7. The molecule has 4 nitrogen and oxygen atoms in total. The first-order valence-corrected chi connectivity index (χ1v) is 9.14. The highest BCUT2D eigenvalue weighted by atomic mass is 32.2.